The van der Waals surface area contributed by atoms with E-state index in [1.54, 1.807) is 35.0 Å². The first-order chi connectivity index (χ1) is 16.0. The second-order valence-electron chi connectivity index (χ2n) is 7.16. The van der Waals surface area contributed by atoms with E-state index in [1.165, 1.54) is 29.8 Å². The van der Waals surface area contributed by atoms with Crippen LogP contribution < -0.4 is 20.8 Å². The van der Waals surface area contributed by atoms with Crippen molar-refractivity contribution in [3.05, 3.63) is 72.4 Å². The molecule has 0 fully saturated rings. The zero-order chi connectivity index (χ0) is 22.9. The number of nitrogens with two attached hydrogens (primary N) is 1. The molecular weight excluding hydrogens is 443 g/mol. The number of aryl methyl sites for hydroxylation is 1. The predicted molar refractivity (Wildman–Crippen MR) is 124 cm³/mol. The van der Waals surface area contributed by atoms with E-state index in [-0.39, 0.29) is 5.69 Å². The average Bonchev–Trinajstić information content (AvgIpc) is 3.39. The zero-order valence-corrected chi connectivity index (χ0v) is 18.2. The number of hydrogen-bond donors (Lipinski definition) is 3. The molecule has 0 spiro atoms. The Bertz CT molecular complexity index is 1500. The topological polar surface area (TPSA) is 115 Å². The third kappa shape index (κ3) is 3.85. The number of aromatic nitrogens is 5. The van der Waals surface area contributed by atoms with Gasteiger partial charge >= 0.3 is 12.0 Å². The number of amides is 2. The van der Waals surface area contributed by atoms with Crippen LogP contribution in [-0.4, -0.2) is 25.6 Å². The lowest BCUT2D eigenvalue weighted by atomic mass is 10.1. The second-order valence-corrected chi connectivity index (χ2v) is 8.00. The molecule has 2 amide bonds. The Balaban J connectivity index is 1.48. The van der Waals surface area contributed by atoms with Crippen molar-refractivity contribution in [2.75, 3.05) is 16.4 Å². The number of carbonyl (C=O) groups is 1. The number of urea groups is 1. The lowest BCUT2D eigenvalue weighted by molar-refractivity contribution is -0.484. The van der Waals surface area contributed by atoms with Crippen molar-refractivity contribution < 1.29 is 13.6 Å². The SMILES string of the molecule is Cn1cnc(-c2cccc(NC(=O)Nc3ccccc3F)c2)c1-c1csc2ncnc(N)[n+]12. The Hall–Kier alpha value is -4.38. The number of nitrogens with zero attached hydrogens (tertiary/aromatic N) is 5. The molecule has 0 unspecified atom stereocenters. The van der Waals surface area contributed by atoms with Crippen molar-refractivity contribution in [1.29, 1.82) is 0 Å². The summed E-state index contributed by atoms with van der Waals surface area (Å²) in [5.74, 6) is -0.188. The maximum atomic E-state index is 13.8. The van der Waals surface area contributed by atoms with Gasteiger partial charge in [0.15, 0.2) is 0 Å². The molecule has 3 aromatic heterocycles. The molecule has 0 atom stereocenters. The smallest absolute Gasteiger partial charge is 0.331 e. The molecule has 0 aliphatic rings. The molecule has 0 radical (unpaired) electrons. The van der Waals surface area contributed by atoms with E-state index in [1.807, 2.05) is 29.1 Å². The van der Waals surface area contributed by atoms with E-state index in [0.29, 0.717) is 22.3 Å². The van der Waals surface area contributed by atoms with Crippen LogP contribution >= 0.6 is 11.3 Å². The minimum atomic E-state index is -0.553. The number of nitrogens with one attached hydrogen (secondary N) is 2. The van der Waals surface area contributed by atoms with Crippen molar-refractivity contribution in [2.24, 2.45) is 7.05 Å². The number of thiazole rings is 1. The normalized spacial score (nSPS) is 11.0. The summed E-state index contributed by atoms with van der Waals surface area (Å²) in [6, 6.07) is 12.7. The molecule has 0 saturated carbocycles. The fourth-order valence-electron chi connectivity index (χ4n) is 3.52. The number of hydrogen-bond acceptors (Lipinski definition) is 6. The molecular formula is C22H18FN8OS+. The molecule has 5 rings (SSSR count). The molecule has 0 saturated heterocycles. The van der Waals surface area contributed by atoms with Crippen molar-refractivity contribution in [3.63, 3.8) is 0 Å². The molecule has 0 bridgehead atoms. The quantitative estimate of drug-likeness (QED) is 0.353. The van der Waals surface area contributed by atoms with Crippen molar-refractivity contribution in [1.82, 2.24) is 19.5 Å². The van der Waals surface area contributed by atoms with E-state index in [9.17, 15) is 9.18 Å². The summed E-state index contributed by atoms with van der Waals surface area (Å²) >= 11 is 1.45. The number of para-hydroxylation sites is 1. The summed E-state index contributed by atoms with van der Waals surface area (Å²) in [5, 5.41) is 7.19. The standard InChI is InChI=1S/C22H17FN8OS/c1-30-12-27-18(19(30)17-10-33-22-26-11-25-20(24)31(17)22)13-5-4-6-14(9-13)28-21(32)29-16-8-3-2-7-15(16)23/h2-12,24H,1H3,(H2,28,29,32)/p+1. The van der Waals surface area contributed by atoms with Gasteiger partial charge in [0.2, 0.25) is 6.33 Å². The van der Waals surface area contributed by atoms with Crippen molar-refractivity contribution in [2.45, 2.75) is 0 Å². The maximum absolute atomic E-state index is 13.8. The van der Waals surface area contributed by atoms with E-state index in [0.717, 1.165) is 17.0 Å². The monoisotopic (exact) mass is 461 g/mol. The van der Waals surface area contributed by atoms with Gasteiger partial charge in [-0.15, -0.1) is 0 Å². The van der Waals surface area contributed by atoms with E-state index >= 15 is 0 Å². The molecule has 3 heterocycles. The van der Waals surface area contributed by atoms with Crippen LogP contribution in [0.15, 0.2) is 66.6 Å². The first-order valence-corrected chi connectivity index (χ1v) is 10.7. The first-order valence-electron chi connectivity index (χ1n) is 9.85. The van der Waals surface area contributed by atoms with Gasteiger partial charge in [0.25, 0.3) is 4.96 Å². The molecule has 4 N–H and O–H groups in total. The Morgan fingerprint density at radius 2 is 1.97 bits per heavy atom. The van der Waals surface area contributed by atoms with Gasteiger partial charge in [-0.2, -0.15) is 4.40 Å². The Morgan fingerprint density at radius 1 is 1.12 bits per heavy atom. The van der Waals surface area contributed by atoms with Gasteiger partial charge in [-0.1, -0.05) is 45.6 Å². The molecule has 164 valence electrons. The van der Waals surface area contributed by atoms with Gasteiger partial charge in [-0.25, -0.2) is 14.2 Å². The fraction of sp³-hybridized carbons (Fsp3) is 0.0455. The van der Waals surface area contributed by atoms with E-state index in [4.69, 9.17) is 5.73 Å². The number of nitrogen functional groups attached to an aromatic ring is 1. The summed E-state index contributed by atoms with van der Waals surface area (Å²) in [7, 11) is 1.89. The molecule has 0 aliphatic heterocycles. The van der Waals surface area contributed by atoms with Gasteiger partial charge < -0.3 is 20.9 Å². The Morgan fingerprint density at radius 3 is 2.82 bits per heavy atom. The molecule has 9 nitrogen and oxygen atoms in total. The fourth-order valence-corrected chi connectivity index (χ4v) is 4.36. The summed E-state index contributed by atoms with van der Waals surface area (Å²) in [6.45, 7) is 0. The third-order valence-electron chi connectivity index (χ3n) is 4.99. The lowest BCUT2D eigenvalue weighted by Gasteiger charge is -2.10. The number of anilines is 3. The van der Waals surface area contributed by atoms with E-state index in [2.05, 4.69) is 25.6 Å². The Kier molecular flexibility index (Phi) is 5.15. The summed E-state index contributed by atoms with van der Waals surface area (Å²) in [4.78, 5) is 26.0. The van der Waals surface area contributed by atoms with E-state index < -0.39 is 11.8 Å². The highest BCUT2D eigenvalue weighted by molar-refractivity contribution is 7.14. The zero-order valence-electron chi connectivity index (χ0n) is 17.4. The van der Waals surface area contributed by atoms with Gasteiger partial charge in [-0.3, -0.25) is 0 Å². The predicted octanol–water partition coefficient (Wildman–Crippen LogP) is 3.71. The molecule has 11 heteroatoms. The van der Waals surface area contributed by atoms with Crippen LogP contribution in [0.2, 0.25) is 0 Å². The van der Waals surface area contributed by atoms with Crippen LogP contribution in [0.4, 0.5) is 26.5 Å². The largest absolute Gasteiger partial charge is 0.353 e. The Labute approximate surface area is 191 Å². The van der Waals surface area contributed by atoms with Crippen LogP contribution in [0.25, 0.3) is 27.6 Å². The molecule has 0 aliphatic carbocycles. The van der Waals surface area contributed by atoms with Crippen molar-refractivity contribution in [3.8, 4) is 22.6 Å². The van der Waals surface area contributed by atoms with Crippen LogP contribution in [0.5, 0.6) is 0 Å². The summed E-state index contributed by atoms with van der Waals surface area (Å²) in [5.41, 5.74) is 9.84. The number of fused-ring (bicyclic) bond motifs is 1. The molecule has 5 aromatic rings. The van der Waals surface area contributed by atoms with Crippen LogP contribution in [-0.2, 0) is 7.05 Å². The minimum absolute atomic E-state index is 0.0966. The first kappa shape index (κ1) is 20.5. The minimum Gasteiger partial charge on any atom is -0.331 e. The number of carbonyl (C=O) groups excluding carboxylic acids is 1. The van der Waals surface area contributed by atoms with Crippen LogP contribution in [0.3, 0.4) is 0 Å². The van der Waals surface area contributed by atoms with Crippen molar-refractivity contribution >= 4 is 39.7 Å². The van der Waals surface area contributed by atoms with Crippen LogP contribution in [0.1, 0.15) is 0 Å². The molecule has 2 aromatic carbocycles. The molecule has 33 heavy (non-hydrogen) atoms. The maximum Gasteiger partial charge on any atom is 0.353 e. The van der Waals surface area contributed by atoms with Gasteiger partial charge in [0, 0.05) is 23.7 Å². The highest BCUT2D eigenvalue weighted by Crippen LogP contribution is 2.32. The van der Waals surface area contributed by atoms with Gasteiger partial charge in [0.05, 0.1) is 17.7 Å². The third-order valence-corrected chi connectivity index (χ3v) is 5.83. The van der Waals surface area contributed by atoms with Gasteiger partial charge in [-0.05, 0) is 24.3 Å². The highest BCUT2D eigenvalue weighted by atomic mass is 32.1. The average molecular weight is 462 g/mol. The highest BCUT2D eigenvalue weighted by Gasteiger charge is 2.22. The lowest BCUT2D eigenvalue weighted by Crippen LogP contribution is -2.29. The van der Waals surface area contributed by atoms with Crippen LogP contribution in [0, 0.1) is 5.82 Å². The number of benzene rings is 2. The summed E-state index contributed by atoms with van der Waals surface area (Å²) in [6.07, 6.45) is 3.14. The number of halogens is 1. The number of imidazole rings is 1. The number of rotatable bonds is 4. The summed E-state index contributed by atoms with van der Waals surface area (Å²) < 4.78 is 17.5. The van der Waals surface area contributed by atoms with Gasteiger partial charge in [0.1, 0.15) is 17.2 Å². The second kappa shape index (κ2) is 8.28.